The molecule has 6 nitrogen and oxygen atoms in total. The molecule has 1 aromatic carbocycles. The van der Waals surface area contributed by atoms with Gasteiger partial charge >= 0.3 is 0 Å². The fraction of sp³-hybridized carbons (Fsp3) is 0.452. The SMILES string of the molecule is CC.CCCOC.CCc1ccn2c(-c3ccnc(NCC(C)(C)C)n3)c(-c3ccc(C)cc3)nc2c1. The molecule has 4 aromatic rings. The number of ether oxygens (including phenoxy) is 1. The third-order valence-electron chi connectivity index (χ3n) is 5.51. The summed E-state index contributed by atoms with van der Waals surface area (Å²) in [6.07, 6.45) is 6.01. The Kier molecular flexibility index (Phi) is 11.7. The van der Waals surface area contributed by atoms with Crippen LogP contribution in [-0.4, -0.2) is 39.6 Å². The van der Waals surface area contributed by atoms with Crippen LogP contribution in [0.15, 0.2) is 54.9 Å². The molecule has 200 valence electrons. The number of benzene rings is 1. The molecule has 0 unspecified atom stereocenters. The standard InChI is InChI=1S/C25H29N5.C4H10O.C2H6/c1-6-18-12-14-30-21(15-18)29-22(19-9-7-17(2)8-10-19)23(30)20-11-13-26-24(28-20)27-16-25(3,4)5;1-3-4-5-2;1-2/h7-15H,6,16H2,1-5H3,(H,26,27,28);3-4H2,1-2H3;1-2H3. The zero-order chi connectivity index (χ0) is 27.4. The van der Waals surface area contributed by atoms with Crippen LogP contribution in [0.1, 0.15) is 66.0 Å². The molecule has 0 aliphatic rings. The quantitative estimate of drug-likeness (QED) is 0.278. The third-order valence-corrected chi connectivity index (χ3v) is 5.51. The molecule has 0 saturated heterocycles. The van der Waals surface area contributed by atoms with E-state index in [-0.39, 0.29) is 5.41 Å². The van der Waals surface area contributed by atoms with Crippen LogP contribution < -0.4 is 5.32 Å². The van der Waals surface area contributed by atoms with Crippen molar-refractivity contribution >= 4 is 11.6 Å². The Morgan fingerprint density at radius 2 is 1.68 bits per heavy atom. The Morgan fingerprint density at radius 1 is 0.973 bits per heavy atom. The molecule has 37 heavy (non-hydrogen) atoms. The monoisotopic (exact) mass is 503 g/mol. The largest absolute Gasteiger partial charge is 0.385 e. The van der Waals surface area contributed by atoms with Gasteiger partial charge in [-0.05, 0) is 48.9 Å². The summed E-state index contributed by atoms with van der Waals surface area (Å²) in [6.45, 7) is 18.6. The van der Waals surface area contributed by atoms with Gasteiger partial charge in [-0.2, -0.15) is 0 Å². The number of nitrogens with one attached hydrogen (secondary N) is 1. The van der Waals surface area contributed by atoms with Gasteiger partial charge in [0.1, 0.15) is 5.65 Å². The van der Waals surface area contributed by atoms with Crippen LogP contribution in [0.3, 0.4) is 0 Å². The molecule has 0 amide bonds. The van der Waals surface area contributed by atoms with Crippen LogP contribution in [0, 0.1) is 12.3 Å². The first-order valence-electron chi connectivity index (χ1n) is 13.4. The zero-order valence-corrected chi connectivity index (χ0v) is 24.2. The summed E-state index contributed by atoms with van der Waals surface area (Å²) in [6, 6.07) is 14.8. The summed E-state index contributed by atoms with van der Waals surface area (Å²) < 4.78 is 6.82. The second-order valence-electron chi connectivity index (χ2n) is 9.96. The molecule has 0 aliphatic carbocycles. The summed E-state index contributed by atoms with van der Waals surface area (Å²) in [4.78, 5) is 14.2. The van der Waals surface area contributed by atoms with Crippen molar-refractivity contribution in [3.05, 3.63) is 66.0 Å². The molecule has 0 spiro atoms. The average Bonchev–Trinajstić information content (AvgIpc) is 3.28. The van der Waals surface area contributed by atoms with Crippen LogP contribution in [0.25, 0.3) is 28.3 Å². The van der Waals surface area contributed by atoms with E-state index in [0.29, 0.717) is 5.95 Å². The van der Waals surface area contributed by atoms with Gasteiger partial charge in [-0.3, -0.25) is 4.40 Å². The number of fused-ring (bicyclic) bond motifs is 1. The van der Waals surface area contributed by atoms with Gasteiger partial charge in [0.05, 0.1) is 17.1 Å². The minimum absolute atomic E-state index is 0.145. The zero-order valence-electron chi connectivity index (χ0n) is 24.2. The lowest BCUT2D eigenvalue weighted by Crippen LogP contribution is -2.20. The Balaban J connectivity index is 0.000000617. The molecule has 4 rings (SSSR count). The highest BCUT2D eigenvalue weighted by atomic mass is 16.5. The van der Waals surface area contributed by atoms with Gasteiger partial charge in [0, 0.05) is 38.2 Å². The van der Waals surface area contributed by atoms with E-state index in [0.717, 1.165) is 54.3 Å². The Bertz CT molecular complexity index is 1220. The second-order valence-corrected chi connectivity index (χ2v) is 9.96. The van der Waals surface area contributed by atoms with Crippen molar-refractivity contribution < 1.29 is 4.74 Å². The Morgan fingerprint density at radius 3 is 2.24 bits per heavy atom. The maximum absolute atomic E-state index is 4.99. The van der Waals surface area contributed by atoms with E-state index in [1.807, 2.05) is 26.1 Å². The van der Waals surface area contributed by atoms with Crippen molar-refractivity contribution in [3.8, 4) is 22.6 Å². The maximum atomic E-state index is 4.99. The van der Waals surface area contributed by atoms with E-state index in [4.69, 9.17) is 14.7 Å². The van der Waals surface area contributed by atoms with Crippen molar-refractivity contribution in [2.24, 2.45) is 5.41 Å². The molecular weight excluding hydrogens is 458 g/mol. The molecular formula is C31H45N5O. The molecule has 0 atom stereocenters. The molecule has 6 heteroatoms. The first kappa shape index (κ1) is 30.0. The van der Waals surface area contributed by atoms with Gasteiger partial charge in [-0.1, -0.05) is 78.3 Å². The molecule has 0 radical (unpaired) electrons. The van der Waals surface area contributed by atoms with E-state index in [9.17, 15) is 0 Å². The number of hydrogen-bond donors (Lipinski definition) is 1. The number of aromatic nitrogens is 4. The van der Waals surface area contributed by atoms with Crippen LogP contribution in [-0.2, 0) is 11.2 Å². The summed E-state index contributed by atoms with van der Waals surface area (Å²) in [7, 11) is 1.71. The number of methoxy groups -OCH3 is 1. The molecule has 0 aliphatic heterocycles. The van der Waals surface area contributed by atoms with Crippen LogP contribution in [0.5, 0.6) is 0 Å². The van der Waals surface area contributed by atoms with Crippen LogP contribution in [0.4, 0.5) is 5.95 Å². The number of anilines is 1. The minimum atomic E-state index is 0.145. The number of aryl methyl sites for hydroxylation is 2. The first-order chi connectivity index (χ1) is 17.8. The topological polar surface area (TPSA) is 64.3 Å². The lowest BCUT2D eigenvalue weighted by molar-refractivity contribution is 0.199. The minimum Gasteiger partial charge on any atom is -0.385 e. The van der Waals surface area contributed by atoms with Crippen LogP contribution in [0.2, 0.25) is 0 Å². The highest BCUT2D eigenvalue weighted by Crippen LogP contribution is 2.32. The van der Waals surface area contributed by atoms with E-state index in [1.54, 1.807) is 7.11 Å². The van der Waals surface area contributed by atoms with Gasteiger partial charge in [-0.25, -0.2) is 15.0 Å². The molecule has 1 N–H and O–H groups in total. The summed E-state index contributed by atoms with van der Waals surface area (Å²) >= 11 is 0. The number of imidazole rings is 1. The van der Waals surface area contributed by atoms with E-state index >= 15 is 0 Å². The predicted molar refractivity (Wildman–Crippen MR) is 157 cm³/mol. The van der Waals surface area contributed by atoms with Gasteiger partial charge in [0.15, 0.2) is 0 Å². The molecule has 0 fully saturated rings. The van der Waals surface area contributed by atoms with Crippen molar-refractivity contribution in [1.29, 1.82) is 0 Å². The Hall–Kier alpha value is -3.25. The van der Waals surface area contributed by atoms with E-state index in [2.05, 4.69) is 98.8 Å². The summed E-state index contributed by atoms with van der Waals surface area (Å²) in [5.41, 5.74) is 7.43. The van der Waals surface area contributed by atoms with Gasteiger partial charge in [0.2, 0.25) is 5.95 Å². The fourth-order valence-electron chi connectivity index (χ4n) is 3.59. The lowest BCUT2D eigenvalue weighted by atomic mass is 9.97. The van der Waals surface area contributed by atoms with Crippen molar-refractivity contribution in [2.75, 3.05) is 25.6 Å². The van der Waals surface area contributed by atoms with E-state index < -0.39 is 0 Å². The molecule has 3 aromatic heterocycles. The number of rotatable bonds is 7. The van der Waals surface area contributed by atoms with Gasteiger partial charge in [0.25, 0.3) is 0 Å². The Labute approximate surface area is 223 Å². The summed E-state index contributed by atoms with van der Waals surface area (Å²) in [5.74, 6) is 0.636. The number of hydrogen-bond acceptors (Lipinski definition) is 5. The lowest BCUT2D eigenvalue weighted by Gasteiger charge is -2.18. The number of pyridine rings is 1. The fourth-order valence-corrected chi connectivity index (χ4v) is 3.59. The average molecular weight is 504 g/mol. The third kappa shape index (κ3) is 8.67. The highest BCUT2D eigenvalue weighted by molar-refractivity contribution is 5.81. The first-order valence-corrected chi connectivity index (χ1v) is 13.4. The molecule has 3 heterocycles. The van der Waals surface area contributed by atoms with Crippen molar-refractivity contribution in [1.82, 2.24) is 19.4 Å². The number of nitrogens with zero attached hydrogens (tertiary/aromatic N) is 4. The van der Waals surface area contributed by atoms with Crippen molar-refractivity contribution in [2.45, 2.75) is 68.2 Å². The normalized spacial score (nSPS) is 10.8. The van der Waals surface area contributed by atoms with Gasteiger partial charge < -0.3 is 10.1 Å². The van der Waals surface area contributed by atoms with Crippen LogP contribution >= 0.6 is 0 Å². The molecule has 0 saturated carbocycles. The van der Waals surface area contributed by atoms with E-state index in [1.165, 1.54) is 11.1 Å². The second kappa shape index (κ2) is 14.5. The highest BCUT2D eigenvalue weighted by Gasteiger charge is 2.18. The van der Waals surface area contributed by atoms with Gasteiger partial charge in [-0.15, -0.1) is 0 Å². The van der Waals surface area contributed by atoms with Crippen molar-refractivity contribution in [3.63, 3.8) is 0 Å². The predicted octanol–water partition coefficient (Wildman–Crippen LogP) is 7.86. The molecule has 0 bridgehead atoms. The smallest absolute Gasteiger partial charge is 0.223 e. The maximum Gasteiger partial charge on any atom is 0.223 e. The summed E-state index contributed by atoms with van der Waals surface area (Å²) in [5, 5.41) is 3.37.